The fraction of sp³-hybridized carbons (Fsp3) is 0.812. The molecule has 4 heteroatoms. The summed E-state index contributed by atoms with van der Waals surface area (Å²) in [6.45, 7) is 3.16. The highest BCUT2D eigenvalue weighted by molar-refractivity contribution is 5.16. The second kappa shape index (κ2) is 7.23. The van der Waals surface area contributed by atoms with Gasteiger partial charge in [0.2, 0.25) is 0 Å². The maximum atomic E-state index is 6.04. The number of ether oxygens (including phenoxy) is 1. The number of nitrogens with one attached hydrogen (secondary N) is 1. The number of rotatable bonds is 6. The summed E-state index contributed by atoms with van der Waals surface area (Å²) in [5.74, 6) is 0. The summed E-state index contributed by atoms with van der Waals surface area (Å²) in [6.07, 6.45) is 12.7. The molecule has 1 aliphatic rings. The molecule has 1 fully saturated rings. The number of hydrogen-bond acceptors (Lipinski definition) is 3. The first kappa shape index (κ1) is 15.5. The van der Waals surface area contributed by atoms with Crippen molar-refractivity contribution in [2.24, 2.45) is 0 Å². The number of aryl methyl sites for hydroxylation is 1. The minimum atomic E-state index is -0.0780. The second-order valence-electron chi connectivity index (χ2n) is 5.94. The lowest BCUT2D eigenvalue weighted by Gasteiger charge is -2.38. The van der Waals surface area contributed by atoms with Crippen LogP contribution < -0.4 is 5.32 Å². The van der Waals surface area contributed by atoms with E-state index in [1.165, 1.54) is 31.2 Å². The molecule has 1 aromatic rings. The Morgan fingerprint density at radius 3 is 2.60 bits per heavy atom. The van der Waals surface area contributed by atoms with Gasteiger partial charge in [0.25, 0.3) is 0 Å². The van der Waals surface area contributed by atoms with E-state index in [1.54, 1.807) is 0 Å². The van der Waals surface area contributed by atoms with Gasteiger partial charge in [0.15, 0.2) is 0 Å². The maximum absolute atomic E-state index is 6.04. The molecule has 1 saturated carbocycles. The molecule has 1 aliphatic carbocycles. The second-order valence-corrected chi connectivity index (χ2v) is 5.94. The van der Waals surface area contributed by atoms with Crippen LogP contribution in [0, 0.1) is 0 Å². The Balaban J connectivity index is 2.22. The van der Waals surface area contributed by atoms with E-state index in [-0.39, 0.29) is 11.6 Å². The average Bonchev–Trinajstić information content (AvgIpc) is 2.77. The average molecular weight is 279 g/mol. The fourth-order valence-corrected chi connectivity index (χ4v) is 3.55. The zero-order chi connectivity index (χ0) is 14.4. The lowest BCUT2D eigenvalue weighted by atomic mass is 9.83. The molecular formula is C16H29N3O. The molecule has 2 rings (SSSR count). The van der Waals surface area contributed by atoms with E-state index in [0.717, 1.165) is 25.8 Å². The summed E-state index contributed by atoms with van der Waals surface area (Å²) in [5, 5.41) is 7.96. The number of likely N-dealkylation sites (N-methyl/N-ethyl adjacent to an activating group) is 1. The van der Waals surface area contributed by atoms with Crippen molar-refractivity contribution in [3.05, 3.63) is 18.0 Å². The lowest BCUT2D eigenvalue weighted by molar-refractivity contribution is -0.0523. The molecule has 4 nitrogen and oxygen atoms in total. The third-order valence-corrected chi connectivity index (χ3v) is 4.61. The molecule has 0 spiro atoms. The summed E-state index contributed by atoms with van der Waals surface area (Å²) in [6, 6.07) is 0.233. The van der Waals surface area contributed by atoms with Crippen LogP contribution in [-0.2, 0) is 11.3 Å². The van der Waals surface area contributed by atoms with Crippen molar-refractivity contribution in [3.8, 4) is 0 Å². The van der Waals surface area contributed by atoms with E-state index in [9.17, 15) is 0 Å². The van der Waals surface area contributed by atoms with Crippen molar-refractivity contribution in [1.29, 1.82) is 0 Å². The molecule has 1 N–H and O–H groups in total. The Labute approximate surface area is 122 Å². The van der Waals surface area contributed by atoms with Crippen LogP contribution in [0.3, 0.4) is 0 Å². The molecule has 0 radical (unpaired) electrons. The maximum Gasteiger partial charge on any atom is 0.0873 e. The van der Waals surface area contributed by atoms with Gasteiger partial charge >= 0.3 is 0 Å². The predicted molar refractivity (Wildman–Crippen MR) is 81.8 cm³/mol. The Morgan fingerprint density at radius 1 is 1.35 bits per heavy atom. The lowest BCUT2D eigenvalue weighted by Crippen LogP contribution is -2.44. The minimum absolute atomic E-state index is 0.0780. The third-order valence-electron chi connectivity index (χ3n) is 4.61. The molecule has 0 saturated heterocycles. The van der Waals surface area contributed by atoms with Crippen LogP contribution in [0.15, 0.2) is 12.4 Å². The van der Waals surface area contributed by atoms with Gasteiger partial charge in [-0.15, -0.1) is 0 Å². The van der Waals surface area contributed by atoms with Gasteiger partial charge in [-0.1, -0.05) is 32.6 Å². The molecule has 1 unspecified atom stereocenters. The van der Waals surface area contributed by atoms with E-state index < -0.39 is 0 Å². The summed E-state index contributed by atoms with van der Waals surface area (Å²) in [7, 11) is 3.90. The fourth-order valence-electron chi connectivity index (χ4n) is 3.55. The highest BCUT2D eigenvalue weighted by atomic mass is 16.5. The first-order valence-electron chi connectivity index (χ1n) is 8.00. The highest BCUT2D eigenvalue weighted by Gasteiger charge is 2.39. The monoisotopic (exact) mass is 279 g/mol. The summed E-state index contributed by atoms with van der Waals surface area (Å²) >= 11 is 0. The minimum Gasteiger partial charge on any atom is -0.376 e. The number of aromatic nitrogens is 2. The third kappa shape index (κ3) is 3.23. The largest absolute Gasteiger partial charge is 0.376 e. The van der Waals surface area contributed by atoms with Crippen molar-refractivity contribution >= 4 is 0 Å². The van der Waals surface area contributed by atoms with Crippen molar-refractivity contribution in [2.45, 2.75) is 70.1 Å². The molecule has 0 aliphatic heterocycles. The Hall–Kier alpha value is -0.870. The molecule has 0 amide bonds. The zero-order valence-electron chi connectivity index (χ0n) is 13.2. The molecule has 1 atom stereocenters. The van der Waals surface area contributed by atoms with Crippen LogP contribution in [-0.4, -0.2) is 29.5 Å². The van der Waals surface area contributed by atoms with E-state index in [2.05, 4.69) is 23.5 Å². The van der Waals surface area contributed by atoms with Crippen molar-refractivity contribution in [1.82, 2.24) is 15.1 Å². The van der Waals surface area contributed by atoms with Crippen LogP contribution >= 0.6 is 0 Å². The van der Waals surface area contributed by atoms with Gasteiger partial charge < -0.3 is 10.1 Å². The van der Waals surface area contributed by atoms with Crippen molar-refractivity contribution in [3.63, 3.8) is 0 Å². The Morgan fingerprint density at radius 2 is 2.05 bits per heavy atom. The Kier molecular flexibility index (Phi) is 5.61. The summed E-state index contributed by atoms with van der Waals surface area (Å²) in [5.41, 5.74) is 1.18. The van der Waals surface area contributed by atoms with Crippen LogP contribution in [0.4, 0.5) is 0 Å². The van der Waals surface area contributed by atoms with Gasteiger partial charge in [-0.25, -0.2) is 0 Å². The number of nitrogens with zero attached hydrogens (tertiary/aromatic N) is 2. The van der Waals surface area contributed by atoms with E-state index in [0.29, 0.717) is 0 Å². The molecule has 114 valence electrons. The SMILES string of the molecule is CCCn1cc(C(NC)C2(OC)CCCCCC2)cn1. The normalized spacial score (nSPS) is 20.6. The predicted octanol–water partition coefficient (Wildman–Crippen LogP) is 3.29. The van der Waals surface area contributed by atoms with Gasteiger partial charge in [0.1, 0.15) is 0 Å². The van der Waals surface area contributed by atoms with Crippen LogP contribution in [0.2, 0.25) is 0 Å². The van der Waals surface area contributed by atoms with E-state index in [1.807, 2.05) is 25.0 Å². The van der Waals surface area contributed by atoms with Crippen LogP contribution in [0.25, 0.3) is 0 Å². The first-order valence-corrected chi connectivity index (χ1v) is 8.00. The molecule has 1 heterocycles. The molecular weight excluding hydrogens is 250 g/mol. The van der Waals surface area contributed by atoms with Crippen LogP contribution in [0.1, 0.15) is 63.5 Å². The van der Waals surface area contributed by atoms with Gasteiger partial charge in [0.05, 0.1) is 17.8 Å². The van der Waals surface area contributed by atoms with Gasteiger partial charge in [-0.3, -0.25) is 4.68 Å². The quantitative estimate of drug-likeness (QED) is 0.812. The summed E-state index contributed by atoms with van der Waals surface area (Å²) in [4.78, 5) is 0. The van der Waals surface area contributed by atoms with Crippen LogP contribution in [0.5, 0.6) is 0 Å². The topological polar surface area (TPSA) is 39.1 Å². The Bertz CT molecular complexity index is 394. The van der Waals surface area contributed by atoms with Crippen molar-refractivity contribution in [2.75, 3.05) is 14.2 Å². The van der Waals surface area contributed by atoms with Crippen molar-refractivity contribution < 1.29 is 4.74 Å². The number of methoxy groups -OCH3 is 1. The highest BCUT2D eigenvalue weighted by Crippen LogP contribution is 2.39. The van der Waals surface area contributed by atoms with Gasteiger partial charge in [-0.2, -0.15) is 5.10 Å². The molecule has 1 aromatic heterocycles. The van der Waals surface area contributed by atoms with E-state index >= 15 is 0 Å². The first-order chi connectivity index (χ1) is 9.75. The summed E-state index contributed by atoms with van der Waals surface area (Å²) < 4.78 is 8.08. The standard InChI is InChI=1S/C16H29N3O/c1-4-11-19-13-14(12-18-19)15(17-2)16(20-3)9-7-5-6-8-10-16/h12-13,15,17H,4-11H2,1-3H3. The van der Waals surface area contributed by atoms with Gasteiger partial charge in [-0.05, 0) is 26.3 Å². The van der Waals surface area contributed by atoms with Gasteiger partial charge in [0, 0.05) is 25.4 Å². The number of hydrogen-bond donors (Lipinski definition) is 1. The zero-order valence-corrected chi connectivity index (χ0v) is 13.2. The van der Waals surface area contributed by atoms with E-state index in [4.69, 9.17) is 4.74 Å². The molecule has 0 aromatic carbocycles. The smallest absolute Gasteiger partial charge is 0.0873 e. The molecule has 20 heavy (non-hydrogen) atoms. The molecule has 0 bridgehead atoms.